The zero-order valence-electron chi connectivity index (χ0n) is 12.1. The van der Waals surface area contributed by atoms with E-state index in [1.54, 1.807) is 0 Å². The zero-order valence-corrected chi connectivity index (χ0v) is 12.1. The fourth-order valence-electron chi connectivity index (χ4n) is 1.88. The van der Waals surface area contributed by atoms with Gasteiger partial charge < -0.3 is 4.74 Å². The maximum absolute atomic E-state index is 12.8. The van der Waals surface area contributed by atoms with Crippen molar-refractivity contribution < 1.29 is 23.6 Å². The molecular formula is C16H12FNO5. The lowest BCUT2D eigenvalue weighted by atomic mass is 10.1. The van der Waals surface area contributed by atoms with Crippen LogP contribution in [0.5, 0.6) is 0 Å². The number of hydrogen-bond donors (Lipinski definition) is 0. The first-order valence-corrected chi connectivity index (χ1v) is 6.63. The number of benzene rings is 2. The van der Waals surface area contributed by atoms with Gasteiger partial charge in [-0.1, -0.05) is 6.07 Å². The van der Waals surface area contributed by atoms with E-state index in [-0.39, 0.29) is 16.8 Å². The molecule has 0 N–H and O–H groups in total. The minimum atomic E-state index is -1.10. The number of ketones is 1. The van der Waals surface area contributed by atoms with Crippen LogP contribution in [0.4, 0.5) is 10.1 Å². The molecule has 0 aliphatic rings. The van der Waals surface area contributed by atoms with Crippen LogP contribution >= 0.6 is 0 Å². The van der Waals surface area contributed by atoms with Crippen LogP contribution in [-0.4, -0.2) is 22.8 Å². The van der Waals surface area contributed by atoms with E-state index >= 15 is 0 Å². The predicted octanol–water partition coefficient (Wildman–Crippen LogP) is 3.16. The van der Waals surface area contributed by atoms with E-state index in [9.17, 15) is 24.1 Å². The number of non-ortho nitro benzene ring substituents is 1. The Bertz CT molecular complexity index is 757. The van der Waals surface area contributed by atoms with Crippen molar-refractivity contribution in [2.45, 2.75) is 13.0 Å². The van der Waals surface area contributed by atoms with Gasteiger partial charge in [-0.05, 0) is 37.3 Å². The van der Waals surface area contributed by atoms with Crippen molar-refractivity contribution in [2.75, 3.05) is 0 Å². The summed E-state index contributed by atoms with van der Waals surface area (Å²) in [6.45, 7) is 1.38. The van der Waals surface area contributed by atoms with Gasteiger partial charge >= 0.3 is 5.97 Å². The summed E-state index contributed by atoms with van der Waals surface area (Å²) in [5.41, 5.74) is -0.0827. The molecule has 23 heavy (non-hydrogen) atoms. The number of ether oxygens (including phenoxy) is 1. The van der Waals surface area contributed by atoms with Gasteiger partial charge in [-0.2, -0.15) is 0 Å². The van der Waals surface area contributed by atoms with Crippen LogP contribution in [-0.2, 0) is 4.74 Å². The highest BCUT2D eigenvalue weighted by atomic mass is 19.1. The third-order valence-electron chi connectivity index (χ3n) is 3.07. The van der Waals surface area contributed by atoms with Crippen LogP contribution in [0.2, 0.25) is 0 Å². The van der Waals surface area contributed by atoms with E-state index in [1.165, 1.54) is 37.3 Å². The van der Waals surface area contributed by atoms with Crippen molar-refractivity contribution in [3.63, 3.8) is 0 Å². The van der Waals surface area contributed by atoms with Crippen molar-refractivity contribution in [3.05, 3.63) is 75.6 Å². The van der Waals surface area contributed by atoms with Crippen LogP contribution in [0.25, 0.3) is 0 Å². The Kier molecular flexibility index (Phi) is 4.80. The Hall–Kier alpha value is -3.09. The summed E-state index contributed by atoms with van der Waals surface area (Å²) >= 11 is 0. The summed E-state index contributed by atoms with van der Waals surface area (Å²) < 4.78 is 17.8. The zero-order chi connectivity index (χ0) is 17.0. The molecule has 0 heterocycles. The van der Waals surface area contributed by atoms with Crippen LogP contribution in [0.1, 0.15) is 27.6 Å². The predicted molar refractivity (Wildman–Crippen MR) is 78.7 cm³/mol. The van der Waals surface area contributed by atoms with Gasteiger partial charge in [0.2, 0.25) is 5.78 Å². The number of nitro groups is 1. The molecule has 2 aromatic carbocycles. The van der Waals surface area contributed by atoms with E-state index in [0.29, 0.717) is 0 Å². The number of esters is 1. The number of hydrogen-bond acceptors (Lipinski definition) is 5. The molecule has 0 amide bonds. The van der Waals surface area contributed by atoms with Crippen LogP contribution in [0.3, 0.4) is 0 Å². The molecule has 0 radical (unpaired) electrons. The van der Waals surface area contributed by atoms with Gasteiger partial charge in [0.1, 0.15) is 5.82 Å². The van der Waals surface area contributed by atoms with Gasteiger partial charge in [0.05, 0.1) is 10.5 Å². The third kappa shape index (κ3) is 3.97. The van der Waals surface area contributed by atoms with Gasteiger partial charge in [-0.3, -0.25) is 14.9 Å². The molecule has 6 nitrogen and oxygen atoms in total. The molecular weight excluding hydrogens is 305 g/mol. The van der Waals surface area contributed by atoms with Crippen LogP contribution in [0, 0.1) is 15.9 Å². The number of Topliss-reactive ketones (excluding diaryl/α,β-unsaturated/α-hetero) is 1. The summed E-state index contributed by atoms with van der Waals surface area (Å²) in [5.74, 6) is -1.83. The van der Waals surface area contributed by atoms with Crippen molar-refractivity contribution in [2.24, 2.45) is 0 Å². The second-order valence-corrected chi connectivity index (χ2v) is 4.73. The van der Waals surface area contributed by atoms with Crippen molar-refractivity contribution in [3.8, 4) is 0 Å². The maximum atomic E-state index is 12.8. The average Bonchev–Trinajstić information content (AvgIpc) is 2.54. The minimum Gasteiger partial charge on any atom is -0.451 e. The first-order chi connectivity index (χ1) is 10.9. The molecule has 1 atom stereocenters. The number of halogens is 1. The Morgan fingerprint density at radius 3 is 2.39 bits per heavy atom. The van der Waals surface area contributed by atoms with Crippen LogP contribution in [0.15, 0.2) is 48.5 Å². The van der Waals surface area contributed by atoms with Crippen molar-refractivity contribution in [1.29, 1.82) is 0 Å². The fraction of sp³-hybridized carbons (Fsp3) is 0.125. The van der Waals surface area contributed by atoms with E-state index < -0.39 is 28.6 Å². The first kappa shape index (κ1) is 16.3. The maximum Gasteiger partial charge on any atom is 0.339 e. The largest absolute Gasteiger partial charge is 0.451 e. The monoisotopic (exact) mass is 317 g/mol. The van der Waals surface area contributed by atoms with Crippen LogP contribution < -0.4 is 0 Å². The van der Waals surface area contributed by atoms with E-state index in [0.717, 1.165) is 18.2 Å². The molecule has 0 fully saturated rings. The van der Waals surface area contributed by atoms with Gasteiger partial charge in [0.25, 0.3) is 5.69 Å². The molecule has 0 bridgehead atoms. The molecule has 118 valence electrons. The second kappa shape index (κ2) is 6.78. The summed E-state index contributed by atoms with van der Waals surface area (Å²) in [4.78, 5) is 34.1. The highest BCUT2D eigenvalue weighted by Gasteiger charge is 2.21. The summed E-state index contributed by atoms with van der Waals surface area (Å²) in [7, 11) is 0. The van der Waals surface area contributed by atoms with Crippen molar-refractivity contribution in [1.82, 2.24) is 0 Å². The number of carbonyl (C=O) groups excluding carboxylic acids is 2. The van der Waals surface area contributed by atoms with Crippen molar-refractivity contribution >= 4 is 17.4 Å². The normalized spacial score (nSPS) is 11.6. The number of nitro benzene ring substituents is 1. The van der Waals surface area contributed by atoms with E-state index in [4.69, 9.17) is 4.74 Å². The lowest BCUT2D eigenvalue weighted by molar-refractivity contribution is -0.384. The minimum absolute atomic E-state index is 0.0297. The molecule has 0 aliphatic carbocycles. The molecule has 0 aliphatic heterocycles. The molecule has 0 unspecified atom stereocenters. The number of rotatable bonds is 5. The molecule has 0 spiro atoms. The molecule has 0 saturated heterocycles. The van der Waals surface area contributed by atoms with Gasteiger partial charge in [-0.25, -0.2) is 9.18 Å². The Morgan fingerprint density at radius 2 is 1.78 bits per heavy atom. The first-order valence-electron chi connectivity index (χ1n) is 6.63. The SMILES string of the molecule is C[C@@H](OC(=O)c1cccc([N+](=O)[O-])c1)C(=O)c1ccc(F)cc1. The smallest absolute Gasteiger partial charge is 0.339 e. The molecule has 7 heteroatoms. The quantitative estimate of drug-likeness (QED) is 0.366. The second-order valence-electron chi connectivity index (χ2n) is 4.73. The van der Waals surface area contributed by atoms with Gasteiger partial charge in [-0.15, -0.1) is 0 Å². The Balaban J connectivity index is 2.10. The number of carbonyl (C=O) groups is 2. The van der Waals surface area contributed by atoms with Gasteiger partial charge in [0.15, 0.2) is 6.10 Å². The molecule has 2 aromatic rings. The Morgan fingerprint density at radius 1 is 1.13 bits per heavy atom. The standard InChI is InChI=1S/C16H12FNO5/c1-10(15(19)11-5-7-13(17)8-6-11)23-16(20)12-3-2-4-14(9-12)18(21)22/h2-10H,1H3/t10-/m1/s1. The fourth-order valence-corrected chi connectivity index (χ4v) is 1.88. The summed E-state index contributed by atoms with van der Waals surface area (Å²) in [5, 5.41) is 10.7. The topological polar surface area (TPSA) is 86.5 Å². The highest BCUT2D eigenvalue weighted by Crippen LogP contribution is 2.15. The summed E-state index contributed by atoms with van der Waals surface area (Å²) in [6.07, 6.45) is -1.10. The molecule has 0 saturated carbocycles. The number of nitrogens with zero attached hydrogens (tertiary/aromatic N) is 1. The molecule has 0 aromatic heterocycles. The summed E-state index contributed by atoms with van der Waals surface area (Å²) in [6, 6.07) is 9.84. The third-order valence-corrected chi connectivity index (χ3v) is 3.07. The molecule has 2 rings (SSSR count). The van der Waals surface area contributed by atoms with E-state index in [2.05, 4.69) is 0 Å². The lowest BCUT2D eigenvalue weighted by Crippen LogP contribution is -2.24. The Labute approximate surface area is 130 Å². The van der Waals surface area contributed by atoms with Gasteiger partial charge in [0, 0.05) is 17.7 Å². The highest BCUT2D eigenvalue weighted by molar-refractivity contribution is 6.01. The lowest BCUT2D eigenvalue weighted by Gasteiger charge is -2.12. The average molecular weight is 317 g/mol. The van der Waals surface area contributed by atoms with E-state index in [1.807, 2.05) is 0 Å².